The lowest BCUT2D eigenvalue weighted by Crippen LogP contribution is -2.30. The zero-order valence-corrected chi connectivity index (χ0v) is 13.9. The van der Waals surface area contributed by atoms with Gasteiger partial charge in [0, 0.05) is 37.9 Å². The van der Waals surface area contributed by atoms with Crippen molar-refractivity contribution in [1.29, 1.82) is 0 Å². The summed E-state index contributed by atoms with van der Waals surface area (Å²) in [5.74, 6) is 1.64. The van der Waals surface area contributed by atoms with Crippen molar-refractivity contribution < 1.29 is 9.47 Å². The van der Waals surface area contributed by atoms with E-state index in [0.29, 0.717) is 6.61 Å². The van der Waals surface area contributed by atoms with E-state index in [1.807, 2.05) is 18.3 Å². The number of aromatic nitrogens is 1. The van der Waals surface area contributed by atoms with Gasteiger partial charge in [-0.25, -0.2) is 0 Å². The Morgan fingerprint density at radius 3 is 2.96 bits per heavy atom. The minimum absolute atomic E-state index is 0.711. The zero-order chi connectivity index (χ0) is 16.1. The summed E-state index contributed by atoms with van der Waals surface area (Å²) in [5.41, 5.74) is 3.84. The second-order valence-electron chi connectivity index (χ2n) is 5.90. The summed E-state index contributed by atoms with van der Waals surface area (Å²) in [7, 11) is 1.68. The molecule has 0 aliphatic carbocycles. The van der Waals surface area contributed by atoms with Gasteiger partial charge >= 0.3 is 0 Å². The minimum atomic E-state index is 0.711. The summed E-state index contributed by atoms with van der Waals surface area (Å²) in [6.45, 7) is 5.74. The van der Waals surface area contributed by atoms with Crippen molar-refractivity contribution in [2.24, 2.45) is 0 Å². The van der Waals surface area contributed by atoms with E-state index in [1.165, 1.54) is 16.8 Å². The molecule has 2 aromatic rings. The van der Waals surface area contributed by atoms with Crippen molar-refractivity contribution in [3.8, 4) is 11.5 Å². The molecule has 0 unspecified atom stereocenters. The molecule has 3 rings (SSSR count). The predicted octanol–water partition coefficient (Wildman–Crippen LogP) is 3.44. The second-order valence-corrected chi connectivity index (χ2v) is 5.90. The number of hydrogen-bond acceptors (Lipinski definition) is 4. The Bertz CT molecular complexity index is 658. The number of fused-ring (bicyclic) bond motifs is 1. The van der Waals surface area contributed by atoms with Crippen molar-refractivity contribution in [1.82, 2.24) is 9.88 Å². The molecular formula is C19H24N2O2. The number of nitrogens with zero attached hydrogens (tertiary/aromatic N) is 2. The summed E-state index contributed by atoms with van der Waals surface area (Å²) in [4.78, 5) is 6.92. The minimum Gasteiger partial charge on any atom is -0.493 e. The standard InChI is InChI=1S/C19H24N2O2/c1-3-11-23-19-12-15(6-7-18(19)22-2)13-21-10-8-17-16(14-21)5-4-9-20-17/h4-7,9,12H,3,8,10-11,13-14H2,1-2H3. The first-order chi connectivity index (χ1) is 11.3. The Balaban J connectivity index is 1.71. The molecule has 0 bridgehead atoms. The third-order valence-corrected chi connectivity index (χ3v) is 4.14. The summed E-state index contributed by atoms with van der Waals surface area (Å²) in [6, 6.07) is 10.4. The maximum Gasteiger partial charge on any atom is 0.161 e. The summed E-state index contributed by atoms with van der Waals surface area (Å²) in [5, 5.41) is 0. The van der Waals surface area contributed by atoms with Gasteiger partial charge in [0.15, 0.2) is 11.5 Å². The first-order valence-corrected chi connectivity index (χ1v) is 8.25. The molecule has 0 atom stereocenters. The second kappa shape index (κ2) is 7.47. The Morgan fingerprint density at radius 2 is 2.13 bits per heavy atom. The zero-order valence-electron chi connectivity index (χ0n) is 13.9. The molecule has 1 aromatic carbocycles. The van der Waals surface area contributed by atoms with Crippen LogP contribution in [-0.4, -0.2) is 30.1 Å². The molecule has 4 nitrogen and oxygen atoms in total. The van der Waals surface area contributed by atoms with Gasteiger partial charge in [0.25, 0.3) is 0 Å². The molecular weight excluding hydrogens is 288 g/mol. The molecule has 1 aliphatic heterocycles. The maximum absolute atomic E-state index is 5.81. The fourth-order valence-electron chi connectivity index (χ4n) is 2.96. The van der Waals surface area contributed by atoms with Crippen LogP contribution in [-0.2, 0) is 19.5 Å². The largest absolute Gasteiger partial charge is 0.493 e. The summed E-state index contributed by atoms with van der Waals surface area (Å²) >= 11 is 0. The first kappa shape index (κ1) is 15.8. The highest BCUT2D eigenvalue weighted by Crippen LogP contribution is 2.29. The van der Waals surface area contributed by atoms with E-state index in [9.17, 15) is 0 Å². The van der Waals surface area contributed by atoms with Crippen LogP contribution in [0, 0.1) is 0 Å². The smallest absolute Gasteiger partial charge is 0.161 e. The molecule has 0 saturated heterocycles. The maximum atomic E-state index is 5.81. The molecule has 2 heterocycles. The average molecular weight is 312 g/mol. The Hall–Kier alpha value is -2.07. The number of hydrogen-bond donors (Lipinski definition) is 0. The first-order valence-electron chi connectivity index (χ1n) is 8.25. The SMILES string of the molecule is CCCOc1cc(CN2CCc3ncccc3C2)ccc1OC. The van der Waals surface area contributed by atoms with Gasteiger partial charge in [-0.05, 0) is 35.7 Å². The molecule has 0 radical (unpaired) electrons. The normalized spacial score (nSPS) is 14.3. The molecule has 23 heavy (non-hydrogen) atoms. The van der Waals surface area contributed by atoms with E-state index in [2.05, 4.69) is 35.0 Å². The quantitative estimate of drug-likeness (QED) is 0.818. The monoisotopic (exact) mass is 312 g/mol. The van der Waals surface area contributed by atoms with E-state index in [-0.39, 0.29) is 0 Å². The van der Waals surface area contributed by atoms with Crippen LogP contribution in [0.25, 0.3) is 0 Å². The summed E-state index contributed by atoms with van der Waals surface area (Å²) in [6.07, 6.45) is 3.89. The van der Waals surface area contributed by atoms with E-state index >= 15 is 0 Å². The molecule has 1 aromatic heterocycles. The van der Waals surface area contributed by atoms with E-state index in [4.69, 9.17) is 9.47 Å². The van der Waals surface area contributed by atoms with Gasteiger partial charge in [-0.1, -0.05) is 19.1 Å². The van der Waals surface area contributed by atoms with Gasteiger partial charge in [0.05, 0.1) is 13.7 Å². The number of benzene rings is 1. The molecule has 0 spiro atoms. The lowest BCUT2D eigenvalue weighted by molar-refractivity contribution is 0.242. The van der Waals surface area contributed by atoms with Crippen molar-refractivity contribution in [3.05, 3.63) is 53.3 Å². The van der Waals surface area contributed by atoms with Crippen LogP contribution < -0.4 is 9.47 Å². The Morgan fingerprint density at radius 1 is 1.22 bits per heavy atom. The Labute approximate surface area is 138 Å². The van der Waals surface area contributed by atoms with Crippen LogP contribution >= 0.6 is 0 Å². The van der Waals surface area contributed by atoms with Crippen molar-refractivity contribution in [3.63, 3.8) is 0 Å². The van der Waals surface area contributed by atoms with Gasteiger partial charge in [-0.3, -0.25) is 9.88 Å². The van der Waals surface area contributed by atoms with Crippen LogP contribution in [0.1, 0.15) is 30.2 Å². The molecule has 0 N–H and O–H groups in total. The average Bonchev–Trinajstić information content (AvgIpc) is 2.60. The van der Waals surface area contributed by atoms with Gasteiger partial charge in [-0.15, -0.1) is 0 Å². The van der Waals surface area contributed by atoms with Crippen LogP contribution in [0.15, 0.2) is 36.5 Å². The van der Waals surface area contributed by atoms with Crippen LogP contribution in [0.5, 0.6) is 11.5 Å². The van der Waals surface area contributed by atoms with Gasteiger partial charge in [-0.2, -0.15) is 0 Å². The van der Waals surface area contributed by atoms with Crippen molar-refractivity contribution >= 4 is 0 Å². The fraction of sp³-hybridized carbons (Fsp3) is 0.421. The topological polar surface area (TPSA) is 34.6 Å². The van der Waals surface area contributed by atoms with Crippen molar-refractivity contribution in [2.75, 3.05) is 20.3 Å². The highest BCUT2D eigenvalue weighted by Gasteiger charge is 2.17. The highest BCUT2D eigenvalue weighted by atomic mass is 16.5. The highest BCUT2D eigenvalue weighted by molar-refractivity contribution is 5.43. The van der Waals surface area contributed by atoms with Gasteiger partial charge < -0.3 is 9.47 Å². The van der Waals surface area contributed by atoms with E-state index in [1.54, 1.807) is 7.11 Å². The van der Waals surface area contributed by atoms with Crippen LogP contribution in [0.4, 0.5) is 0 Å². The summed E-state index contributed by atoms with van der Waals surface area (Å²) < 4.78 is 11.2. The van der Waals surface area contributed by atoms with Crippen LogP contribution in [0.3, 0.4) is 0 Å². The number of pyridine rings is 1. The molecule has 0 fully saturated rings. The lowest BCUT2D eigenvalue weighted by atomic mass is 10.0. The van der Waals surface area contributed by atoms with Gasteiger partial charge in [0.1, 0.15) is 0 Å². The third-order valence-electron chi connectivity index (χ3n) is 4.14. The number of ether oxygens (including phenoxy) is 2. The lowest BCUT2D eigenvalue weighted by Gasteiger charge is -2.28. The third kappa shape index (κ3) is 3.82. The van der Waals surface area contributed by atoms with E-state index in [0.717, 1.165) is 44.0 Å². The number of rotatable bonds is 6. The Kier molecular flexibility index (Phi) is 5.13. The molecule has 4 heteroatoms. The molecule has 122 valence electrons. The molecule has 1 aliphatic rings. The van der Waals surface area contributed by atoms with E-state index < -0.39 is 0 Å². The number of methoxy groups -OCH3 is 1. The van der Waals surface area contributed by atoms with Crippen molar-refractivity contribution in [2.45, 2.75) is 32.9 Å². The molecule has 0 saturated carbocycles. The molecule has 0 amide bonds. The van der Waals surface area contributed by atoms with Crippen LogP contribution in [0.2, 0.25) is 0 Å². The van der Waals surface area contributed by atoms with Gasteiger partial charge in [0.2, 0.25) is 0 Å². The fourth-order valence-corrected chi connectivity index (χ4v) is 2.96. The predicted molar refractivity (Wildman–Crippen MR) is 90.8 cm³/mol.